The molecule has 2 aromatic carbocycles. The molecule has 2 N–H and O–H groups in total. The maximum Gasteiger partial charge on any atom is 0.323 e. The Morgan fingerprint density at radius 2 is 1.76 bits per heavy atom. The Bertz CT molecular complexity index is 648. The largest absolute Gasteiger partial charge is 0.497 e. The average molecular weight is 349 g/mol. The third kappa shape index (κ3) is 3.98. The minimum Gasteiger partial charge on any atom is -0.497 e. The maximum atomic E-state index is 12.1. The Hall–Kier alpha value is -2.01. The minimum absolute atomic E-state index is 0.281. The first kappa shape index (κ1) is 15.4. The summed E-state index contributed by atoms with van der Waals surface area (Å²) in [6.07, 6.45) is 0. The van der Waals surface area contributed by atoms with Gasteiger partial charge in [0.2, 0.25) is 0 Å². The Labute approximate surface area is 132 Å². The number of amides is 2. The fourth-order valence-corrected chi connectivity index (χ4v) is 2.77. The lowest BCUT2D eigenvalue weighted by atomic mass is 10.1. The van der Waals surface area contributed by atoms with E-state index in [2.05, 4.69) is 26.6 Å². The van der Waals surface area contributed by atoms with Crippen LogP contribution in [0.1, 0.15) is 11.1 Å². The smallest absolute Gasteiger partial charge is 0.323 e. The monoisotopic (exact) mass is 348 g/mol. The summed E-state index contributed by atoms with van der Waals surface area (Å²) < 4.78 is 6.13. The number of rotatable bonds is 3. The summed E-state index contributed by atoms with van der Waals surface area (Å²) in [7, 11) is 1.59. The molecule has 0 radical (unpaired) electrons. The number of hydrogen-bond acceptors (Lipinski definition) is 2. The van der Waals surface area contributed by atoms with Gasteiger partial charge < -0.3 is 15.4 Å². The van der Waals surface area contributed by atoms with Crippen molar-refractivity contribution >= 4 is 33.3 Å². The van der Waals surface area contributed by atoms with Gasteiger partial charge in [-0.15, -0.1) is 0 Å². The van der Waals surface area contributed by atoms with E-state index in [-0.39, 0.29) is 6.03 Å². The molecule has 0 bridgehead atoms. The second-order valence-electron chi connectivity index (χ2n) is 4.73. The molecule has 0 aliphatic heterocycles. The van der Waals surface area contributed by atoms with Crippen molar-refractivity contribution in [2.75, 3.05) is 17.7 Å². The van der Waals surface area contributed by atoms with E-state index < -0.39 is 0 Å². The van der Waals surface area contributed by atoms with Crippen molar-refractivity contribution in [2.45, 2.75) is 13.8 Å². The number of nitrogens with one attached hydrogen (secondary N) is 2. The molecule has 0 aliphatic carbocycles. The van der Waals surface area contributed by atoms with Crippen LogP contribution in [0.2, 0.25) is 0 Å². The van der Waals surface area contributed by atoms with Crippen molar-refractivity contribution in [1.82, 2.24) is 0 Å². The summed E-state index contributed by atoms with van der Waals surface area (Å²) in [5, 5.41) is 5.67. The number of methoxy groups -OCH3 is 1. The molecular formula is C16H17BrN2O2. The van der Waals surface area contributed by atoms with E-state index in [1.165, 1.54) is 0 Å². The standard InChI is InChI=1S/C16H17BrN2O2/c1-10-7-12(17)8-11(2)15(10)19-16(20)18-13-5-4-6-14(9-13)21-3/h4-9H,1-3H3,(H2,18,19,20). The zero-order valence-corrected chi connectivity index (χ0v) is 13.7. The highest BCUT2D eigenvalue weighted by Crippen LogP contribution is 2.25. The van der Waals surface area contributed by atoms with Gasteiger partial charge in [-0.1, -0.05) is 22.0 Å². The number of ether oxygens (including phenoxy) is 1. The first-order valence-electron chi connectivity index (χ1n) is 6.48. The lowest BCUT2D eigenvalue weighted by molar-refractivity contribution is 0.262. The van der Waals surface area contributed by atoms with Gasteiger partial charge >= 0.3 is 6.03 Å². The van der Waals surface area contributed by atoms with Gasteiger partial charge in [-0.05, 0) is 49.2 Å². The molecule has 0 atom stereocenters. The van der Waals surface area contributed by atoms with Crippen LogP contribution >= 0.6 is 15.9 Å². The summed E-state index contributed by atoms with van der Waals surface area (Å²) >= 11 is 3.44. The molecule has 2 aromatic rings. The molecular weight excluding hydrogens is 332 g/mol. The zero-order chi connectivity index (χ0) is 15.4. The van der Waals surface area contributed by atoms with Gasteiger partial charge in [0.05, 0.1) is 7.11 Å². The van der Waals surface area contributed by atoms with Gasteiger partial charge in [0, 0.05) is 21.9 Å². The molecule has 0 saturated carbocycles. The molecule has 0 aromatic heterocycles. The van der Waals surface area contributed by atoms with Crippen LogP contribution in [0.3, 0.4) is 0 Å². The number of carbonyl (C=O) groups is 1. The highest BCUT2D eigenvalue weighted by molar-refractivity contribution is 9.10. The number of halogens is 1. The Kier molecular flexibility index (Phi) is 4.85. The Morgan fingerprint density at radius 3 is 2.38 bits per heavy atom. The first-order chi connectivity index (χ1) is 9.99. The highest BCUT2D eigenvalue weighted by atomic mass is 79.9. The Morgan fingerprint density at radius 1 is 1.10 bits per heavy atom. The zero-order valence-electron chi connectivity index (χ0n) is 12.2. The molecule has 0 unspecified atom stereocenters. The molecule has 21 heavy (non-hydrogen) atoms. The first-order valence-corrected chi connectivity index (χ1v) is 7.27. The highest BCUT2D eigenvalue weighted by Gasteiger charge is 2.09. The van der Waals surface area contributed by atoms with Crippen LogP contribution < -0.4 is 15.4 Å². The van der Waals surface area contributed by atoms with Crippen molar-refractivity contribution in [3.8, 4) is 5.75 Å². The third-order valence-electron chi connectivity index (χ3n) is 3.06. The van der Waals surface area contributed by atoms with Crippen molar-refractivity contribution in [1.29, 1.82) is 0 Å². The predicted octanol–water partition coefficient (Wildman–Crippen LogP) is 4.72. The quantitative estimate of drug-likeness (QED) is 0.843. The van der Waals surface area contributed by atoms with Crippen LogP contribution in [0.4, 0.5) is 16.2 Å². The normalized spacial score (nSPS) is 10.1. The van der Waals surface area contributed by atoms with E-state index in [1.807, 2.05) is 44.2 Å². The van der Waals surface area contributed by atoms with Crippen molar-refractivity contribution in [3.63, 3.8) is 0 Å². The van der Waals surface area contributed by atoms with Gasteiger partial charge in [-0.3, -0.25) is 0 Å². The van der Waals surface area contributed by atoms with E-state index in [9.17, 15) is 4.79 Å². The summed E-state index contributed by atoms with van der Waals surface area (Å²) in [6.45, 7) is 3.91. The molecule has 0 fully saturated rings. The Balaban J connectivity index is 2.12. The number of carbonyl (C=O) groups excluding carboxylic acids is 1. The summed E-state index contributed by atoms with van der Waals surface area (Å²) in [5.74, 6) is 0.698. The topological polar surface area (TPSA) is 50.4 Å². The number of aryl methyl sites for hydroxylation is 2. The molecule has 110 valence electrons. The molecule has 0 saturated heterocycles. The molecule has 4 nitrogen and oxygen atoms in total. The van der Waals surface area contributed by atoms with Crippen LogP contribution in [0.25, 0.3) is 0 Å². The van der Waals surface area contributed by atoms with Crippen LogP contribution in [-0.2, 0) is 0 Å². The molecule has 2 amide bonds. The van der Waals surface area contributed by atoms with Gasteiger partial charge in [-0.2, -0.15) is 0 Å². The van der Waals surface area contributed by atoms with E-state index in [4.69, 9.17) is 4.74 Å². The van der Waals surface area contributed by atoms with E-state index in [1.54, 1.807) is 13.2 Å². The summed E-state index contributed by atoms with van der Waals surface area (Å²) in [5.41, 5.74) is 3.50. The number of anilines is 2. The molecule has 0 heterocycles. The summed E-state index contributed by atoms with van der Waals surface area (Å²) in [6, 6.07) is 10.9. The van der Waals surface area contributed by atoms with Crippen molar-refractivity contribution in [2.24, 2.45) is 0 Å². The molecule has 0 aliphatic rings. The SMILES string of the molecule is COc1cccc(NC(=O)Nc2c(C)cc(Br)cc2C)c1. The number of urea groups is 1. The third-order valence-corrected chi connectivity index (χ3v) is 3.52. The fourth-order valence-electron chi connectivity index (χ4n) is 2.08. The maximum absolute atomic E-state index is 12.1. The number of hydrogen-bond donors (Lipinski definition) is 2. The second kappa shape index (κ2) is 6.63. The van der Waals surface area contributed by atoms with E-state index >= 15 is 0 Å². The van der Waals surface area contributed by atoms with E-state index in [0.29, 0.717) is 11.4 Å². The van der Waals surface area contributed by atoms with Gasteiger partial charge in [0.1, 0.15) is 5.75 Å². The van der Waals surface area contributed by atoms with E-state index in [0.717, 1.165) is 21.3 Å². The lowest BCUT2D eigenvalue weighted by Gasteiger charge is -2.13. The van der Waals surface area contributed by atoms with Gasteiger partial charge in [0.15, 0.2) is 0 Å². The van der Waals surface area contributed by atoms with Crippen LogP contribution in [0.15, 0.2) is 40.9 Å². The van der Waals surface area contributed by atoms with Gasteiger partial charge in [0.25, 0.3) is 0 Å². The lowest BCUT2D eigenvalue weighted by Crippen LogP contribution is -2.20. The molecule has 2 rings (SSSR count). The predicted molar refractivity (Wildman–Crippen MR) is 89.3 cm³/mol. The summed E-state index contributed by atoms with van der Waals surface area (Å²) in [4.78, 5) is 12.1. The fraction of sp³-hybridized carbons (Fsp3) is 0.188. The average Bonchev–Trinajstić information content (AvgIpc) is 2.43. The van der Waals surface area contributed by atoms with Gasteiger partial charge in [-0.25, -0.2) is 4.79 Å². The van der Waals surface area contributed by atoms with Crippen LogP contribution in [0.5, 0.6) is 5.75 Å². The minimum atomic E-state index is -0.281. The van der Waals surface area contributed by atoms with Crippen LogP contribution in [-0.4, -0.2) is 13.1 Å². The van der Waals surface area contributed by atoms with Crippen LogP contribution in [0, 0.1) is 13.8 Å². The molecule has 0 spiro atoms. The van der Waals surface area contributed by atoms with Crippen molar-refractivity contribution in [3.05, 3.63) is 52.0 Å². The molecule has 5 heteroatoms. The second-order valence-corrected chi connectivity index (χ2v) is 5.64. The van der Waals surface area contributed by atoms with Crippen molar-refractivity contribution < 1.29 is 9.53 Å². The number of benzene rings is 2.